The molecule has 0 spiro atoms. The second kappa shape index (κ2) is 6.08. The third kappa shape index (κ3) is 3.39. The highest BCUT2D eigenvalue weighted by Gasteiger charge is 2.38. The molecule has 5 nitrogen and oxygen atoms in total. The fraction of sp³-hybridized carbons (Fsp3) is 0.333. The first-order valence-corrected chi connectivity index (χ1v) is 7.73. The Kier molecular flexibility index (Phi) is 4.59. The van der Waals surface area contributed by atoms with E-state index in [-0.39, 0.29) is 15.8 Å². The summed E-state index contributed by atoms with van der Waals surface area (Å²) in [5.74, 6) is 0.415. The van der Waals surface area contributed by atoms with Crippen LogP contribution in [0.2, 0.25) is 0 Å². The smallest absolute Gasteiger partial charge is 0.436 e. The summed E-state index contributed by atoms with van der Waals surface area (Å²) in [6.07, 6.45) is -3.10. The fourth-order valence-corrected chi connectivity index (χ4v) is 2.97. The van der Waals surface area contributed by atoms with Gasteiger partial charge in [-0.3, -0.25) is 7.75 Å². The van der Waals surface area contributed by atoms with Gasteiger partial charge < -0.3 is 4.74 Å². The van der Waals surface area contributed by atoms with Crippen molar-refractivity contribution in [2.45, 2.75) is 19.6 Å². The van der Waals surface area contributed by atoms with E-state index in [9.17, 15) is 16.2 Å². The summed E-state index contributed by atoms with van der Waals surface area (Å²) in [7, 11) is 1.47. The van der Waals surface area contributed by atoms with Gasteiger partial charge >= 0.3 is 6.18 Å². The minimum Gasteiger partial charge on any atom is -0.481 e. The van der Waals surface area contributed by atoms with Crippen LogP contribution in [0.1, 0.15) is 17.0 Å². The van der Waals surface area contributed by atoms with Crippen molar-refractivity contribution in [2.24, 2.45) is 0 Å². The molecule has 0 aromatic carbocycles. The Morgan fingerprint density at radius 2 is 2.10 bits per heavy atom. The predicted octanol–water partition coefficient (Wildman–Crippen LogP) is 3.15. The topological polar surface area (TPSA) is 57.0 Å². The minimum atomic E-state index is -4.60. The number of ether oxygens (including phenoxy) is 1. The van der Waals surface area contributed by atoms with Crippen molar-refractivity contribution < 1.29 is 21.0 Å². The fourth-order valence-electron chi connectivity index (χ4n) is 1.75. The molecule has 21 heavy (non-hydrogen) atoms. The summed E-state index contributed by atoms with van der Waals surface area (Å²) >= 11 is -1.95. The van der Waals surface area contributed by atoms with Gasteiger partial charge in [0.25, 0.3) is 0 Å². The maximum Gasteiger partial charge on any atom is 0.436 e. The molecule has 0 N–H and O–H groups in total. The van der Waals surface area contributed by atoms with Gasteiger partial charge in [0.2, 0.25) is 5.88 Å². The van der Waals surface area contributed by atoms with Crippen LogP contribution in [0, 0.1) is 10.5 Å². The molecular weight excluding hydrogens is 402 g/mol. The summed E-state index contributed by atoms with van der Waals surface area (Å²) in [6.45, 7) is 1.60. The number of rotatable bonds is 4. The Morgan fingerprint density at radius 3 is 2.52 bits per heavy atom. The lowest BCUT2D eigenvalue weighted by Gasteiger charge is -2.05. The first-order chi connectivity index (χ1) is 9.86. The van der Waals surface area contributed by atoms with E-state index in [1.165, 1.54) is 24.9 Å². The Bertz CT molecular complexity index is 653. The van der Waals surface area contributed by atoms with Gasteiger partial charge in [-0.1, -0.05) is 6.07 Å². The zero-order valence-corrected chi connectivity index (χ0v) is 13.3. The van der Waals surface area contributed by atoms with E-state index >= 15 is 0 Å². The molecule has 0 amide bonds. The number of pyridine rings is 1. The summed E-state index contributed by atoms with van der Waals surface area (Å²) in [4.78, 5) is 3.98. The second-order valence-electron chi connectivity index (χ2n) is 4.19. The molecule has 2 aromatic rings. The average Bonchev–Trinajstić information content (AvgIpc) is 2.76. The van der Waals surface area contributed by atoms with Crippen molar-refractivity contribution in [3.63, 3.8) is 0 Å². The number of halogens is 4. The van der Waals surface area contributed by atoms with Gasteiger partial charge in [0.05, 0.1) is 22.9 Å². The summed E-state index contributed by atoms with van der Waals surface area (Å²) in [5, 5.41) is 3.55. The monoisotopic (exact) mass is 413 g/mol. The summed E-state index contributed by atoms with van der Waals surface area (Å²) < 4.78 is 55.5. The van der Waals surface area contributed by atoms with Crippen LogP contribution in [0.15, 0.2) is 18.3 Å². The molecule has 0 aliphatic heterocycles. The minimum absolute atomic E-state index is 0.121. The molecule has 9 heteroatoms. The van der Waals surface area contributed by atoms with E-state index in [0.29, 0.717) is 11.4 Å². The summed E-state index contributed by atoms with van der Waals surface area (Å²) in [6, 6.07) is 3.30. The lowest BCUT2D eigenvalue weighted by atomic mass is 10.3. The van der Waals surface area contributed by atoms with E-state index in [4.69, 9.17) is 4.74 Å². The molecule has 0 unspecified atom stereocenters. The van der Waals surface area contributed by atoms with Gasteiger partial charge in [0, 0.05) is 12.3 Å². The highest BCUT2D eigenvalue weighted by atomic mass is 127. The van der Waals surface area contributed by atoms with E-state index in [2.05, 4.69) is 10.1 Å². The van der Waals surface area contributed by atoms with Crippen LogP contribution >= 0.6 is 21.2 Å². The first kappa shape index (κ1) is 15.9. The van der Waals surface area contributed by atoms with Crippen molar-refractivity contribution in [1.82, 2.24) is 14.8 Å². The number of aromatic nitrogens is 3. The molecule has 0 bridgehead atoms. The predicted molar refractivity (Wildman–Crippen MR) is 75.3 cm³/mol. The molecule has 0 aliphatic carbocycles. The largest absolute Gasteiger partial charge is 0.481 e. The van der Waals surface area contributed by atoms with Crippen LogP contribution in [0.25, 0.3) is 0 Å². The standard InChI is InChI=1S/C12H11F3IN3O2/c1-7-10(16-20)11(12(13,14)15)18-19(7)6-8-3-4-9(21-2)17-5-8/h3-5H,6H2,1-2H3. The van der Waals surface area contributed by atoms with E-state index < -0.39 is 33.1 Å². The van der Waals surface area contributed by atoms with E-state index in [0.717, 1.165) is 0 Å². The van der Waals surface area contributed by atoms with Gasteiger partial charge in [-0.25, -0.2) is 4.98 Å². The van der Waals surface area contributed by atoms with Gasteiger partial charge in [-0.2, -0.15) is 18.3 Å². The van der Waals surface area contributed by atoms with Crippen LogP contribution in [-0.4, -0.2) is 21.9 Å². The Hall–Kier alpha value is -1.52. The third-order valence-corrected chi connectivity index (χ3v) is 4.55. The zero-order valence-electron chi connectivity index (χ0n) is 11.1. The first-order valence-electron chi connectivity index (χ1n) is 5.77. The van der Waals surface area contributed by atoms with Crippen molar-refractivity contribution in [3.05, 3.63) is 38.9 Å². The highest BCUT2D eigenvalue weighted by molar-refractivity contribution is 14.1. The van der Waals surface area contributed by atoms with Gasteiger partial charge in [-0.05, 0) is 12.5 Å². The van der Waals surface area contributed by atoms with Crippen LogP contribution in [0.5, 0.6) is 5.88 Å². The molecular formula is C12H11F3IN3O2. The van der Waals surface area contributed by atoms with Crippen molar-refractivity contribution in [1.29, 1.82) is 0 Å². The van der Waals surface area contributed by atoms with Gasteiger partial charge in [0.1, 0.15) is 0 Å². The van der Waals surface area contributed by atoms with Crippen LogP contribution in [-0.2, 0) is 15.8 Å². The molecule has 0 radical (unpaired) electrons. The maximum absolute atomic E-state index is 12.8. The number of nitrogens with zero attached hydrogens (tertiary/aromatic N) is 3. The molecule has 2 rings (SSSR count). The molecule has 0 fully saturated rings. The number of methoxy groups -OCH3 is 1. The molecule has 0 saturated heterocycles. The van der Waals surface area contributed by atoms with Crippen molar-refractivity contribution in [3.8, 4) is 5.88 Å². The molecule has 0 saturated carbocycles. The number of hydrogen-bond acceptors (Lipinski definition) is 4. The van der Waals surface area contributed by atoms with Crippen molar-refractivity contribution in [2.75, 3.05) is 7.11 Å². The van der Waals surface area contributed by atoms with Crippen LogP contribution < -0.4 is 4.74 Å². The molecule has 114 valence electrons. The molecule has 2 aromatic heterocycles. The zero-order chi connectivity index (χ0) is 15.6. The average molecular weight is 413 g/mol. The molecule has 0 aliphatic rings. The molecule has 2 heterocycles. The van der Waals surface area contributed by atoms with Crippen molar-refractivity contribution >= 4 is 21.2 Å². The highest BCUT2D eigenvalue weighted by Crippen LogP contribution is 2.34. The second-order valence-corrected chi connectivity index (χ2v) is 5.71. The van der Waals surface area contributed by atoms with Gasteiger partial charge in [-0.15, -0.1) is 0 Å². The molecule has 0 atom stereocenters. The SMILES string of the molecule is COc1ccc(Cn2nc(C(F)(F)F)c(I=O)c2C)cn1. The Labute approximate surface area is 128 Å². The lowest BCUT2D eigenvalue weighted by molar-refractivity contribution is -0.142. The lowest BCUT2D eigenvalue weighted by Crippen LogP contribution is -2.09. The van der Waals surface area contributed by atoms with E-state index in [1.807, 2.05) is 0 Å². The van der Waals surface area contributed by atoms with E-state index in [1.54, 1.807) is 12.1 Å². The quantitative estimate of drug-likeness (QED) is 0.723. The normalized spacial score (nSPS) is 11.7. The van der Waals surface area contributed by atoms with Crippen LogP contribution in [0.4, 0.5) is 13.2 Å². The maximum atomic E-state index is 12.8. The Balaban J connectivity index is 2.36. The number of alkyl halides is 3. The summed E-state index contributed by atoms with van der Waals surface area (Å²) in [5.41, 5.74) is -0.129. The number of hydrogen-bond donors (Lipinski definition) is 0. The Morgan fingerprint density at radius 1 is 1.38 bits per heavy atom. The third-order valence-electron chi connectivity index (χ3n) is 2.82. The van der Waals surface area contributed by atoms with Crippen LogP contribution in [0.3, 0.4) is 0 Å². The van der Waals surface area contributed by atoms with Gasteiger partial charge in [0.15, 0.2) is 26.9 Å².